The van der Waals surface area contributed by atoms with E-state index in [2.05, 4.69) is 10.3 Å². The predicted octanol–water partition coefficient (Wildman–Crippen LogP) is 4.35. The number of thiophene rings is 1. The molecule has 1 aliphatic heterocycles. The van der Waals surface area contributed by atoms with Crippen LogP contribution in [0.2, 0.25) is 5.02 Å². The molecule has 166 valence electrons. The van der Waals surface area contributed by atoms with Crippen LogP contribution in [-0.2, 0) is 11.3 Å². The number of anilines is 1. The van der Waals surface area contributed by atoms with E-state index in [-0.39, 0.29) is 24.7 Å². The fraction of sp³-hybridized carbons (Fsp3) is 0.130. The number of aromatic nitrogens is 2. The number of rotatable bonds is 5. The fourth-order valence-electron chi connectivity index (χ4n) is 3.50. The summed E-state index contributed by atoms with van der Waals surface area (Å²) in [5.41, 5.74) is 1.74. The maximum absolute atomic E-state index is 13.0. The highest BCUT2D eigenvalue weighted by atomic mass is 35.5. The molecule has 8 nitrogen and oxygen atoms in total. The van der Waals surface area contributed by atoms with Gasteiger partial charge < -0.3 is 14.8 Å². The zero-order chi connectivity index (χ0) is 23.1. The number of benzene rings is 2. The monoisotopic (exact) mass is 481 g/mol. The molecule has 33 heavy (non-hydrogen) atoms. The van der Waals surface area contributed by atoms with Gasteiger partial charge >= 0.3 is 0 Å². The number of Topliss-reactive ketones (excluding diaryl/α,β-unsaturated/α-hetero) is 1. The van der Waals surface area contributed by atoms with Crippen LogP contribution < -0.4 is 20.3 Å². The van der Waals surface area contributed by atoms with E-state index in [1.165, 1.54) is 35.2 Å². The first-order valence-electron chi connectivity index (χ1n) is 9.88. The third-order valence-electron chi connectivity index (χ3n) is 5.11. The Balaban J connectivity index is 1.41. The van der Waals surface area contributed by atoms with E-state index in [4.69, 9.17) is 21.1 Å². The zero-order valence-electron chi connectivity index (χ0n) is 17.3. The molecule has 0 spiro atoms. The van der Waals surface area contributed by atoms with Crippen LogP contribution in [0.5, 0.6) is 11.5 Å². The molecule has 0 saturated carbocycles. The van der Waals surface area contributed by atoms with Crippen LogP contribution in [-0.4, -0.2) is 28.0 Å². The molecular formula is C23H16ClN3O5S. The van der Waals surface area contributed by atoms with Gasteiger partial charge in [0.2, 0.25) is 12.7 Å². The van der Waals surface area contributed by atoms with E-state index in [1.807, 2.05) is 18.2 Å². The van der Waals surface area contributed by atoms with Gasteiger partial charge in [-0.3, -0.25) is 19.0 Å². The maximum atomic E-state index is 13.0. The Morgan fingerprint density at radius 2 is 1.88 bits per heavy atom. The number of halogens is 1. The summed E-state index contributed by atoms with van der Waals surface area (Å²) in [5, 5.41) is 3.32. The summed E-state index contributed by atoms with van der Waals surface area (Å²) < 4.78 is 12.3. The summed E-state index contributed by atoms with van der Waals surface area (Å²) >= 11 is 7.26. The van der Waals surface area contributed by atoms with Crippen molar-refractivity contribution in [3.63, 3.8) is 0 Å². The molecule has 0 saturated heterocycles. The molecule has 1 aliphatic rings. The first-order valence-corrected chi connectivity index (χ1v) is 11.1. The summed E-state index contributed by atoms with van der Waals surface area (Å²) in [7, 11) is 0. The predicted molar refractivity (Wildman–Crippen MR) is 126 cm³/mol. The summed E-state index contributed by atoms with van der Waals surface area (Å²) in [6.07, 6.45) is 1.34. The highest BCUT2D eigenvalue weighted by molar-refractivity contribution is 7.22. The van der Waals surface area contributed by atoms with E-state index >= 15 is 0 Å². The molecule has 3 heterocycles. The summed E-state index contributed by atoms with van der Waals surface area (Å²) in [6.45, 7) is 1.18. The average Bonchev–Trinajstić information content (AvgIpc) is 3.42. The summed E-state index contributed by atoms with van der Waals surface area (Å²) in [6, 6.07) is 12.2. The number of amides is 1. The number of hydrogen-bond acceptors (Lipinski definition) is 7. The lowest BCUT2D eigenvalue weighted by molar-refractivity contribution is -0.116. The number of nitrogens with one attached hydrogen (secondary N) is 1. The molecule has 10 heteroatoms. The van der Waals surface area contributed by atoms with Gasteiger partial charge in [-0.1, -0.05) is 23.7 Å². The first kappa shape index (κ1) is 21.2. The lowest BCUT2D eigenvalue weighted by Crippen LogP contribution is -2.27. The van der Waals surface area contributed by atoms with Crippen molar-refractivity contribution >= 4 is 50.5 Å². The van der Waals surface area contributed by atoms with Crippen molar-refractivity contribution in [2.45, 2.75) is 13.5 Å². The Bertz CT molecular complexity index is 1480. The van der Waals surface area contributed by atoms with Gasteiger partial charge in [0.25, 0.3) is 5.56 Å². The highest BCUT2D eigenvalue weighted by Gasteiger charge is 2.21. The van der Waals surface area contributed by atoms with Crippen molar-refractivity contribution in [3.05, 3.63) is 69.7 Å². The third-order valence-corrected chi connectivity index (χ3v) is 6.53. The average molecular weight is 482 g/mol. The van der Waals surface area contributed by atoms with Crippen LogP contribution in [0.3, 0.4) is 0 Å². The van der Waals surface area contributed by atoms with Gasteiger partial charge in [0.15, 0.2) is 17.3 Å². The largest absolute Gasteiger partial charge is 0.454 e. The number of ether oxygens (including phenoxy) is 2. The number of hydrogen-bond donors (Lipinski definition) is 1. The van der Waals surface area contributed by atoms with E-state index < -0.39 is 5.91 Å². The second kappa shape index (κ2) is 8.34. The van der Waals surface area contributed by atoms with Crippen molar-refractivity contribution in [2.75, 3.05) is 12.1 Å². The topological polar surface area (TPSA) is 99.5 Å². The number of fused-ring (bicyclic) bond motifs is 2. The molecule has 1 N–H and O–H groups in total. The Morgan fingerprint density at radius 1 is 1.15 bits per heavy atom. The zero-order valence-corrected chi connectivity index (χ0v) is 18.8. The van der Waals surface area contributed by atoms with Crippen molar-refractivity contribution in [1.29, 1.82) is 0 Å². The van der Waals surface area contributed by atoms with Gasteiger partial charge in [0.1, 0.15) is 11.2 Å². The van der Waals surface area contributed by atoms with Crippen molar-refractivity contribution in [1.82, 2.24) is 9.55 Å². The number of nitrogens with zero attached hydrogens (tertiary/aromatic N) is 2. The second-order valence-corrected chi connectivity index (χ2v) is 8.85. The molecule has 2 aromatic heterocycles. The van der Waals surface area contributed by atoms with Gasteiger partial charge in [0.05, 0.1) is 17.5 Å². The third kappa shape index (κ3) is 4.08. The molecule has 2 aromatic carbocycles. The fourth-order valence-corrected chi connectivity index (χ4v) is 4.69. The highest BCUT2D eigenvalue weighted by Crippen LogP contribution is 2.37. The van der Waals surface area contributed by atoms with Crippen molar-refractivity contribution in [2.24, 2.45) is 0 Å². The first-order chi connectivity index (χ1) is 15.9. The number of carbonyl (C=O) groups excluding carboxylic acids is 2. The van der Waals surface area contributed by atoms with Crippen molar-refractivity contribution < 1.29 is 19.1 Å². The molecule has 1 amide bonds. The Labute approximate surface area is 196 Å². The molecule has 4 aromatic rings. The molecule has 0 radical (unpaired) electrons. The molecule has 0 fully saturated rings. The Hall–Kier alpha value is -3.69. The van der Waals surface area contributed by atoms with E-state index in [9.17, 15) is 14.4 Å². The minimum absolute atomic E-state index is 0.0456. The molecule has 0 bridgehead atoms. The van der Waals surface area contributed by atoms with Crippen LogP contribution in [0.15, 0.2) is 53.6 Å². The van der Waals surface area contributed by atoms with Crippen LogP contribution >= 0.6 is 22.9 Å². The molecule has 0 atom stereocenters. The molecule has 0 unspecified atom stereocenters. The number of ketones is 1. The maximum Gasteiger partial charge on any atom is 0.271 e. The van der Waals surface area contributed by atoms with Crippen LogP contribution in [0.1, 0.15) is 17.3 Å². The summed E-state index contributed by atoms with van der Waals surface area (Å²) in [5.74, 6) is 0.161. The van der Waals surface area contributed by atoms with Crippen LogP contribution in [0, 0.1) is 0 Å². The second-order valence-electron chi connectivity index (χ2n) is 7.36. The summed E-state index contributed by atoms with van der Waals surface area (Å²) in [4.78, 5) is 42.9. The molecular weight excluding hydrogens is 466 g/mol. The van der Waals surface area contributed by atoms with E-state index in [0.29, 0.717) is 38.0 Å². The molecule has 0 aliphatic carbocycles. The Kier molecular flexibility index (Phi) is 5.35. The van der Waals surface area contributed by atoms with Crippen molar-refractivity contribution in [3.8, 4) is 21.9 Å². The SMILES string of the molecule is CC(=O)c1cc2c(cc1NC(=O)Cn1cnc3cc(-c4ccc(Cl)cc4)sc3c1=O)OCO2. The quantitative estimate of drug-likeness (QED) is 0.425. The Morgan fingerprint density at radius 3 is 2.61 bits per heavy atom. The van der Waals surface area contributed by atoms with Gasteiger partial charge in [-0.2, -0.15) is 0 Å². The molecule has 5 rings (SSSR count). The van der Waals surface area contributed by atoms with Crippen LogP contribution in [0.4, 0.5) is 5.69 Å². The lowest BCUT2D eigenvalue weighted by Gasteiger charge is -2.11. The van der Waals surface area contributed by atoms with Crippen LogP contribution in [0.25, 0.3) is 20.7 Å². The number of carbonyl (C=O) groups is 2. The minimum atomic E-state index is -0.478. The van der Waals surface area contributed by atoms with Gasteiger partial charge in [-0.15, -0.1) is 11.3 Å². The smallest absolute Gasteiger partial charge is 0.271 e. The lowest BCUT2D eigenvalue weighted by atomic mass is 10.1. The van der Waals surface area contributed by atoms with Gasteiger partial charge in [0, 0.05) is 21.5 Å². The van der Waals surface area contributed by atoms with E-state index in [1.54, 1.807) is 18.2 Å². The van der Waals surface area contributed by atoms with E-state index in [0.717, 1.165) is 10.4 Å². The normalized spacial score (nSPS) is 12.2. The van der Waals surface area contributed by atoms with Gasteiger partial charge in [-0.25, -0.2) is 4.98 Å². The van der Waals surface area contributed by atoms with Gasteiger partial charge in [-0.05, 0) is 36.8 Å². The standard InChI is InChI=1S/C23H16ClN3O5S/c1-12(28)15-6-18-19(32-11-31-18)7-16(15)26-21(29)9-27-10-25-17-8-20(33-22(17)23(27)30)13-2-4-14(24)5-3-13/h2-8,10H,9,11H2,1H3,(H,26,29). The minimum Gasteiger partial charge on any atom is -0.454 e.